The van der Waals surface area contributed by atoms with Crippen molar-refractivity contribution in [3.8, 4) is 11.1 Å². The highest BCUT2D eigenvalue weighted by atomic mass is 14.6. The van der Waals surface area contributed by atoms with Crippen molar-refractivity contribution in [3.05, 3.63) is 59.2 Å². The lowest BCUT2D eigenvalue weighted by Gasteiger charge is -2.10. The minimum absolute atomic E-state index is 0.219. The van der Waals surface area contributed by atoms with Gasteiger partial charge in [0.15, 0.2) is 0 Å². The first kappa shape index (κ1) is 14.8. The molecule has 1 unspecified atom stereocenters. The lowest BCUT2D eigenvalue weighted by molar-refractivity contribution is 0.738. The van der Waals surface area contributed by atoms with Crippen molar-refractivity contribution in [1.29, 1.82) is 0 Å². The molecule has 0 aliphatic heterocycles. The number of aryl methyl sites for hydroxylation is 2. The highest BCUT2D eigenvalue weighted by Gasteiger charge is 2.04. The van der Waals surface area contributed by atoms with E-state index < -0.39 is 0 Å². The maximum atomic E-state index is 5.84. The fraction of sp³-hybridized carbons (Fsp3) is 0.368. The first-order valence-electron chi connectivity index (χ1n) is 7.60. The van der Waals surface area contributed by atoms with E-state index in [2.05, 4.69) is 56.3 Å². The van der Waals surface area contributed by atoms with Crippen molar-refractivity contribution in [1.82, 2.24) is 0 Å². The zero-order chi connectivity index (χ0) is 14.5. The molecule has 1 atom stereocenters. The van der Waals surface area contributed by atoms with Gasteiger partial charge in [-0.1, -0.05) is 56.3 Å². The van der Waals surface area contributed by atoms with Crippen LogP contribution in [0.15, 0.2) is 42.5 Å². The van der Waals surface area contributed by atoms with Crippen LogP contribution in [0.5, 0.6) is 0 Å². The second kappa shape index (κ2) is 6.71. The Morgan fingerprint density at radius 2 is 1.45 bits per heavy atom. The Hall–Kier alpha value is -1.60. The van der Waals surface area contributed by atoms with E-state index >= 15 is 0 Å². The van der Waals surface area contributed by atoms with Crippen LogP contribution in [-0.4, -0.2) is 6.04 Å². The lowest BCUT2D eigenvalue weighted by atomic mass is 9.95. The van der Waals surface area contributed by atoms with Gasteiger partial charge in [-0.05, 0) is 54.0 Å². The summed E-state index contributed by atoms with van der Waals surface area (Å²) in [6.07, 6.45) is 3.14. The molecule has 0 heterocycles. The molecule has 1 heteroatoms. The molecule has 0 amide bonds. The topological polar surface area (TPSA) is 26.0 Å². The Balaban J connectivity index is 2.27. The summed E-state index contributed by atoms with van der Waals surface area (Å²) in [5, 5.41) is 0. The Bertz CT molecular complexity index is 552. The number of hydrogen-bond acceptors (Lipinski definition) is 1. The van der Waals surface area contributed by atoms with Gasteiger partial charge in [0.25, 0.3) is 0 Å². The Labute approximate surface area is 122 Å². The number of rotatable bonds is 5. The van der Waals surface area contributed by atoms with Crippen LogP contribution in [0, 0.1) is 0 Å². The summed E-state index contributed by atoms with van der Waals surface area (Å²) in [4.78, 5) is 0. The molecule has 0 fully saturated rings. The molecule has 2 rings (SSSR count). The molecule has 0 aliphatic rings. The first-order chi connectivity index (χ1) is 9.63. The molecular formula is C19H25N. The molecule has 2 N–H and O–H groups in total. The number of hydrogen-bond donors (Lipinski definition) is 1. The molecule has 0 spiro atoms. The van der Waals surface area contributed by atoms with E-state index in [0.717, 1.165) is 19.3 Å². The van der Waals surface area contributed by atoms with Crippen LogP contribution in [0.4, 0.5) is 0 Å². The highest BCUT2D eigenvalue weighted by Crippen LogP contribution is 2.24. The maximum Gasteiger partial charge on any atom is 0.00509 e. The van der Waals surface area contributed by atoms with Crippen LogP contribution in [-0.2, 0) is 19.3 Å². The molecule has 0 saturated carbocycles. The van der Waals surface area contributed by atoms with Crippen molar-refractivity contribution in [2.75, 3.05) is 0 Å². The van der Waals surface area contributed by atoms with Crippen molar-refractivity contribution in [3.63, 3.8) is 0 Å². The van der Waals surface area contributed by atoms with Gasteiger partial charge in [-0.3, -0.25) is 0 Å². The summed E-state index contributed by atoms with van der Waals surface area (Å²) in [5.74, 6) is 0. The molecule has 106 valence electrons. The SMILES string of the molecule is CCc1ccc(-c2ccc(CC(C)N)cc2)cc1CC. The van der Waals surface area contributed by atoms with Crippen LogP contribution >= 0.6 is 0 Å². The summed E-state index contributed by atoms with van der Waals surface area (Å²) in [6.45, 7) is 6.49. The van der Waals surface area contributed by atoms with Gasteiger partial charge in [0.1, 0.15) is 0 Å². The average molecular weight is 267 g/mol. The quantitative estimate of drug-likeness (QED) is 0.855. The van der Waals surface area contributed by atoms with E-state index in [1.165, 1.54) is 27.8 Å². The summed E-state index contributed by atoms with van der Waals surface area (Å²) >= 11 is 0. The lowest BCUT2D eigenvalue weighted by Crippen LogP contribution is -2.17. The van der Waals surface area contributed by atoms with Crippen LogP contribution < -0.4 is 5.73 Å². The Kier molecular flexibility index (Phi) is 4.97. The first-order valence-corrected chi connectivity index (χ1v) is 7.60. The molecule has 0 bridgehead atoms. The highest BCUT2D eigenvalue weighted by molar-refractivity contribution is 5.65. The van der Waals surface area contributed by atoms with Crippen molar-refractivity contribution in [2.24, 2.45) is 5.73 Å². The molecule has 20 heavy (non-hydrogen) atoms. The van der Waals surface area contributed by atoms with Crippen molar-refractivity contribution < 1.29 is 0 Å². The van der Waals surface area contributed by atoms with Crippen LogP contribution in [0.3, 0.4) is 0 Å². The van der Waals surface area contributed by atoms with E-state index in [1.54, 1.807) is 0 Å². The Morgan fingerprint density at radius 1 is 0.850 bits per heavy atom. The van der Waals surface area contributed by atoms with E-state index in [0.29, 0.717) is 0 Å². The van der Waals surface area contributed by atoms with Gasteiger partial charge in [-0.2, -0.15) is 0 Å². The van der Waals surface area contributed by atoms with Gasteiger partial charge in [-0.25, -0.2) is 0 Å². The third-order valence-corrected chi connectivity index (χ3v) is 3.81. The van der Waals surface area contributed by atoms with Crippen LogP contribution in [0.1, 0.15) is 37.5 Å². The molecule has 0 aromatic heterocycles. The summed E-state index contributed by atoms with van der Waals surface area (Å²) in [6, 6.07) is 15.9. The standard InChI is InChI=1S/C19H25N/c1-4-16-10-11-19(13-17(16)5-2)18-8-6-15(7-9-18)12-14(3)20/h6-11,13-14H,4-5,12,20H2,1-3H3. The Morgan fingerprint density at radius 3 is 2.00 bits per heavy atom. The molecule has 1 nitrogen and oxygen atoms in total. The largest absolute Gasteiger partial charge is 0.328 e. The van der Waals surface area contributed by atoms with Gasteiger partial charge in [-0.15, -0.1) is 0 Å². The number of benzene rings is 2. The minimum atomic E-state index is 0.219. The summed E-state index contributed by atoms with van der Waals surface area (Å²) in [5.41, 5.74) is 12.7. The van der Waals surface area contributed by atoms with E-state index in [-0.39, 0.29) is 6.04 Å². The third kappa shape index (κ3) is 3.49. The molecule has 0 aliphatic carbocycles. The number of nitrogens with two attached hydrogens (primary N) is 1. The second-order valence-corrected chi connectivity index (χ2v) is 5.57. The monoisotopic (exact) mass is 267 g/mol. The van der Waals surface area contributed by atoms with Crippen LogP contribution in [0.2, 0.25) is 0 Å². The van der Waals surface area contributed by atoms with Gasteiger partial charge in [0, 0.05) is 6.04 Å². The van der Waals surface area contributed by atoms with Gasteiger partial charge in [0.2, 0.25) is 0 Å². The van der Waals surface area contributed by atoms with E-state index in [9.17, 15) is 0 Å². The molecule has 0 radical (unpaired) electrons. The summed E-state index contributed by atoms with van der Waals surface area (Å²) in [7, 11) is 0. The van der Waals surface area contributed by atoms with Crippen molar-refractivity contribution in [2.45, 2.75) is 46.1 Å². The van der Waals surface area contributed by atoms with Gasteiger partial charge in [0.05, 0.1) is 0 Å². The van der Waals surface area contributed by atoms with E-state index in [1.807, 2.05) is 6.92 Å². The third-order valence-electron chi connectivity index (χ3n) is 3.81. The fourth-order valence-electron chi connectivity index (χ4n) is 2.68. The normalized spacial score (nSPS) is 12.4. The molecule has 0 saturated heterocycles. The molecule has 2 aromatic carbocycles. The van der Waals surface area contributed by atoms with Gasteiger partial charge >= 0.3 is 0 Å². The minimum Gasteiger partial charge on any atom is -0.328 e. The molecular weight excluding hydrogens is 242 g/mol. The van der Waals surface area contributed by atoms with Crippen LogP contribution in [0.25, 0.3) is 11.1 Å². The maximum absolute atomic E-state index is 5.84. The fourth-order valence-corrected chi connectivity index (χ4v) is 2.68. The molecule has 2 aromatic rings. The summed E-state index contributed by atoms with van der Waals surface area (Å²) < 4.78 is 0. The average Bonchev–Trinajstić information content (AvgIpc) is 2.46. The smallest absolute Gasteiger partial charge is 0.00509 e. The zero-order valence-electron chi connectivity index (χ0n) is 12.8. The second-order valence-electron chi connectivity index (χ2n) is 5.57. The van der Waals surface area contributed by atoms with Crippen molar-refractivity contribution >= 4 is 0 Å². The predicted octanol–water partition coefficient (Wildman–Crippen LogP) is 4.37. The van der Waals surface area contributed by atoms with E-state index in [4.69, 9.17) is 5.73 Å². The zero-order valence-corrected chi connectivity index (χ0v) is 12.8. The predicted molar refractivity (Wildman–Crippen MR) is 88.0 cm³/mol. The van der Waals surface area contributed by atoms with Gasteiger partial charge < -0.3 is 5.73 Å².